The summed E-state index contributed by atoms with van der Waals surface area (Å²) in [4.78, 5) is 27.2. The number of hydrogen-bond donors (Lipinski definition) is 2. The molecule has 94 valence electrons. The number of ether oxygens (including phenoxy) is 1. The van der Waals surface area contributed by atoms with Crippen molar-refractivity contribution in [2.45, 2.75) is 12.2 Å². The van der Waals surface area contributed by atoms with Crippen LogP contribution in [-0.2, 0) is 14.3 Å². The zero-order valence-corrected chi connectivity index (χ0v) is 9.96. The molecular formula is C11H10N2O4S. The van der Waals surface area contributed by atoms with Crippen LogP contribution in [0.15, 0.2) is 23.7 Å². The standard InChI is InChI=1S/C11H10N2O4S/c14-9(13-11-12-3-4-18-11)7-5-1-2-6(17-5)8(7)10(15)16/h1-8H,(H,15,16)(H,12,13,14)/t5-,6-,7+,8-/m0/s1. The van der Waals surface area contributed by atoms with Crippen molar-refractivity contribution in [2.75, 3.05) is 5.32 Å². The Morgan fingerprint density at radius 2 is 2.06 bits per heavy atom. The van der Waals surface area contributed by atoms with Crippen LogP contribution in [0.4, 0.5) is 5.13 Å². The highest BCUT2D eigenvalue weighted by atomic mass is 32.1. The summed E-state index contributed by atoms with van der Waals surface area (Å²) in [6.07, 6.45) is 4.08. The molecule has 1 fully saturated rings. The lowest BCUT2D eigenvalue weighted by Gasteiger charge is -2.20. The lowest BCUT2D eigenvalue weighted by molar-refractivity contribution is -0.145. The zero-order valence-electron chi connectivity index (χ0n) is 9.15. The third-order valence-electron chi connectivity index (χ3n) is 3.15. The third kappa shape index (κ3) is 1.72. The van der Waals surface area contributed by atoms with Crippen molar-refractivity contribution in [1.29, 1.82) is 0 Å². The van der Waals surface area contributed by atoms with Crippen LogP contribution in [0.1, 0.15) is 0 Å². The van der Waals surface area contributed by atoms with Crippen LogP contribution in [-0.4, -0.2) is 34.2 Å². The minimum atomic E-state index is -1.01. The van der Waals surface area contributed by atoms with Crippen LogP contribution in [0.25, 0.3) is 0 Å². The monoisotopic (exact) mass is 266 g/mol. The van der Waals surface area contributed by atoms with Gasteiger partial charge in [0.15, 0.2) is 5.13 Å². The molecule has 0 radical (unpaired) electrons. The second kappa shape index (κ2) is 4.18. The Bertz CT molecular complexity index is 513. The maximum atomic E-state index is 12.1. The van der Waals surface area contributed by atoms with Gasteiger partial charge in [0, 0.05) is 11.6 Å². The quantitative estimate of drug-likeness (QED) is 0.788. The molecule has 6 nitrogen and oxygen atoms in total. The minimum Gasteiger partial charge on any atom is -0.481 e. The maximum Gasteiger partial charge on any atom is 0.310 e. The highest BCUT2D eigenvalue weighted by molar-refractivity contribution is 7.13. The molecule has 0 aliphatic carbocycles. The van der Waals surface area contributed by atoms with Gasteiger partial charge >= 0.3 is 5.97 Å². The molecule has 3 rings (SSSR count). The normalized spacial score (nSPS) is 32.7. The Morgan fingerprint density at radius 3 is 2.67 bits per heavy atom. The van der Waals surface area contributed by atoms with Crippen molar-refractivity contribution in [1.82, 2.24) is 4.98 Å². The van der Waals surface area contributed by atoms with Crippen molar-refractivity contribution < 1.29 is 19.4 Å². The number of amides is 1. The molecule has 1 aromatic rings. The Morgan fingerprint density at radius 1 is 1.33 bits per heavy atom. The molecular weight excluding hydrogens is 256 g/mol. The fourth-order valence-electron chi connectivity index (χ4n) is 2.39. The number of carbonyl (C=O) groups is 2. The zero-order chi connectivity index (χ0) is 12.7. The molecule has 2 N–H and O–H groups in total. The van der Waals surface area contributed by atoms with Gasteiger partial charge in [-0.3, -0.25) is 9.59 Å². The smallest absolute Gasteiger partial charge is 0.310 e. The number of hydrogen-bond acceptors (Lipinski definition) is 5. The summed E-state index contributed by atoms with van der Waals surface area (Å²) in [5, 5.41) is 14.0. The molecule has 0 saturated carbocycles. The molecule has 7 heteroatoms. The van der Waals surface area contributed by atoms with Crippen LogP contribution < -0.4 is 5.32 Å². The van der Waals surface area contributed by atoms with Gasteiger partial charge in [0.2, 0.25) is 5.91 Å². The van der Waals surface area contributed by atoms with E-state index in [4.69, 9.17) is 4.74 Å². The van der Waals surface area contributed by atoms with Crippen LogP contribution in [0.5, 0.6) is 0 Å². The van der Waals surface area contributed by atoms with E-state index in [1.54, 1.807) is 23.7 Å². The van der Waals surface area contributed by atoms with Crippen molar-refractivity contribution in [2.24, 2.45) is 11.8 Å². The van der Waals surface area contributed by atoms with Gasteiger partial charge in [-0.25, -0.2) is 4.98 Å². The topological polar surface area (TPSA) is 88.5 Å². The average Bonchev–Trinajstić information content (AvgIpc) is 3.03. The Labute approximate surface area is 106 Å². The average molecular weight is 266 g/mol. The first-order valence-electron chi connectivity index (χ1n) is 5.44. The number of nitrogens with one attached hydrogen (secondary N) is 1. The number of aliphatic carboxylic acids is 1. The van der Waals surface area contributed by atoms with Crippen molar-refractivity contribution in [3.05, 3.63) is 23.7 Å². The van der Waals surface area contributed by atoms with Crippen molar-refractivity contribution >= 4 is 28.3 Å². The molecule has 1 amide bonds. The summed E-state index contributed by atoms with van der Waals surface area (Å²) in [7, 11) is 0. The molecule has 1 saturated heterocycles. The molecule has 0 unspecified atom stereocenters. The summed E-state index contributed by atoms with van der Waals surface area (Å²) in [6, 6.07) is 0. The van der Waals surface area contributed by atoms with Crippen LogP contribution in [0, 0.1) is 11.8 Å². The highest BCUT2D eigenvalue weighted by Crippen LogP contribution is 2.39. The first kappa shape index (κ1) is 11.4. The molecule has 3 heterocycles. The van der Waals surface area contributed by atoms with Gasteiger partial charge in [-0.1, -0.05) is 12.2 Å². The van der Waals surface area contributed by atoms with Gasteiger partial charge in [0.1, 0.15) is 5.92 Å². The first-order chi connectivity index (χ1) is 8.66. The SMILES string of the molecule is O=C(O)[C@@H]1[C@H](C(=O)Nc2nccs2)[C@@H]2C=C[C@@H]1O2. The summed E-state index contributed by atoms with van der Waals surface area (Å²) >= 11 is 1.29. The number of aromatic nitrogens is 1. The van der Waals surface area contributed by atoms with Crippen LogP contribution in [0.2, 0.25) is 0 Å². The molecule has 0 aromatic carbocycles. The molecule has 18 heavy (non-hydrogen) atoms. The predicted molar refractivity (Wildman–Crippen MR) is 63.2 cm³/mol. The van der Waals surface area contributed by atoms with E-state index in [1.165, 1.54) is 11.3 Å². The van der Waals surface area contributed by atoms with Gasteiger partial charge in [-0.15, -0.1) is 11.3 Å². The van der Waals surface area contributed by atoms with Crippen molar-refractivity contribution in [3.63, 3.8) is 0 Å². The van der Waals surface area contributed by atoms with Crippen LogP contribution >= 0.6 is 11.3 Å². The number of carboxylic acids is 1. The Balaban J connectivity index is 1.80. The maximum absolute atomic E-state index is 12.1. The number of fused-ring (bicyclic) bond motifs is 2. The summed E-state index contributed by atoms with van der Waals surface area (Å²) < 4.78 is 5.43. The van der Waals surface area contributed by atoms with E-state index in [1.807, 2.05) is 0 Å². The second-order valence-electron chi connectivity index (χ2n) is 4.17. The van der Waals surface area contributed by atoms with E-state index in [0.717, 1.165) is 0 Å². The Kier molecular flexibility index (Phi) is 2.64. The minimum absolute atomic E-state index is 0.353. The number of thiazole rings is 1. The molecule has 0 spiro atoms. The lowest BCUT2D eigenvalue weighted by Crippen LogP contribution is -2.39. The molecule has 4 atom stereocenters. The van der Waals surface area contributed by atoms with Crippen LogP contribution in [0.3, 0.4) is 0 Å². The fourth-order valence-corrected chi connectivity index (χ4v) is 2.92. The molecule has 2 bridgehead atoms. The number of rotatable bonds is 3. The number of anilines is 1. The van der Waals surface area contributed by atoms with Gasteiger partial charge in [0.25, 0.3) is 0 Å². The van der Waals surface area contributed by atoms with Gasteiger partial charge < -0.3 is 15.2 Å². The summed E-state index contributed by atoms with van der Waals surface area (Å²) in [5.41, 5.74) is 0. The highest BCUT2D eigenvalue weighted by Gasteiger charge is 2.53. The largest absolute Gasteiger partial charge is 0.481 e. The van der Waals surface area contributed by atoms with E-state index in [-0.39, 0.29) is 5.91 Å². The van der Waals surface area contributed by atoms with Gasteiger partial charge in [-0.05, 0) is 0 Å². The number of nitrogens with zero attached hydrogens (tertiary/aromatic N) is 1. The number of carbonyl (C=O) groups excluding carboxylic acids is 1. The second-order valence-corrected chi connectivity index (χ2v) is 5.06. The van der Waals surface area contributed by atoms with Crippen molar-refractivity contribution in [3.8, 4) is 0 Å². The van der Waals surface area contributed by atoms with E-state index in [0.29, 0.717) is 5.13 Å². The van der Waals surface area contributed by atoms with E-state index in [2.05, 4.69) is 10.3 Å². The van der Waals surface area contributed by atoms with Gasteiger partial charge in [-0.2, -0.15) is 0 Å². The van der Waals surface area contributed by atoms with Gasteiger partial charge in [0.05, 0.1) is 18.1 Å². The first-order valence-corrected chi connectivity index (χ1v) is 6.32. The van der Waals surface area contributed by atoms with E-state index < -0.39 is 30.0 Å². The molecule has 2 aliphatic rings. The molecule has 1 aromatic heterocycles. The summed E-state index contributed by atoms with van der Waals surface area (Å²) in [5.74, 6) is -2.87. The molecule has 2 aliphatic heterocycles. The Hall–Kier alpha value is -1.73. The third-order valence-corrected chi connectivity index (χ3v) is 3.84. The van der Waals surface area contributed by atoms with E-state index in [9.17, 15) is 14.7 Å². The fraction of sp³-hybridized carbons (Fsp3) is 0.364. The summed E-state index contributed by atoms with van der Waals surface area (Å²) in [6.45, 7) is 0. The van der Waals surface area contributed by atoms with E-state index >= 15 is 0 Å². The number of carboxylic acid groups (broad SMARTS) is 1. The lowest BCUT2D eigenvalue weighted by atomic mass is 9.82. The predicted octanol–water partition coefficient (Wildman–Crippen LogP) is 0.736.